The number of aromatic nitrogens is 2. The number of aldehydes is 1. The molecule has 0 fully saturated rings. The molecular weight excluding hydrogens is 333 g/mol. The zero-order valence-corrected chi connectivity index (χ0v) is 15.2. The molecule has 1 aromatic heterocycles. The molecule has 2 aromatic rings. The largest absolute Gasteiger partial charge is 0.392 e. The van der Waals surface area contributed by atoms with E-state index in [9.17, 15) is 9.18 Å². The average Bonchev–Trinajstić information content (AvgIpc) is 2.67. The first-order chi connectivity index (χ1) is 12.6. The van der Waals surface area contributed by atoms with E-state index >= 15 is 0 Å². The Morgan fingerprint density at radius 3 is 2.54 bits per heavy atom. The van der Waals surface area contributed by atoms with Gasteiger partial charge in [-0.15, -0.1) is 0 Å². The fourth-order valence-electron chi connectivity index (χ4n) is 2.49. The van der Waals surface area contributed by atoms with Gasteiger partial charge in [-0.1, -0.05) is 19.8 Å². The Balaban J connectivity index is 2.28. The Labute approximate surface area is 153 Å². The summed E-state index contributed by atoms with van der Waals surface area (Å²) in [4.78, 5) is 21.5. The number of carbonyl (C=O) groups is 1. The van der Waals surface area contributed by atoms with Crippen molar-refractivity contribution in [3.63, 3.8) is 0 Å². The highest BCUT2D eigenvalue weighted by atomic mass is 19.1. The summed E-state index contributed by atoms with van der Waals surface area (Å²) in [7, 11) is 1.97. The highest BCUT2D eigenvalue weighted by Gasteiger charge is 2.12. The van der Waals surface area contributed by atoms with Crippen LogP contribution in [0.5, 0.6) is 0 Å². The van der Waals surface area contributed by atoms with Crippen molar-refractivity contribution < 1.29 is 14.3 Å². The van der Waals surface area contributed by atoms with Crippen LogP contribution in [0, 0.1) is 5.82 Å². The second kappa shape index (κ2) is 9.77. The van der Waals surface area contributed by atoms with Gasteiger partial charge in [0.15, 0.2) is 12.1 Å². The molecule has 6 heteroatoms. The van der Waals surface area contributed by atoms with Crippen LogP contribution in [0.15, 0.2) is 30.7 Å². The number of rotatable bonds is 9. The maximum Gasteiger partial charge on any atom is 0.162 e. The lowest BCUT2D eigenvalue weighted by atomic mass is 10.0. The van der Waals surface area contributed by atoms with Gasteiger partial charge in [-0.25, -0.2) is 14.4 Å². The Morgan fingerprint density at radius 2 is 1.92 bits per heavy atom. The van der Waals surface area contributed by atoms with Gasteiger partial charge in [-0.3, -0.25) is 4.79 Å². The molecule has 0 amide bonds. The number of hydrogen-bond acceptors (Lipinski definition) is 5. The van der Waals surface area contributed by atoms with Crippen LogP contribution in [0.2, 0.25) is 0 Å². The van der Waals surface area contributed by atoms with Crippen molar-refractivity contribution in [1.82, 2.24) is 14.9 Å². The standard InChI is InChI=1S/C20H24FN3O2/c1-3-4-5-7-24(2)8-6-16-9-18(19(21)10-17(16)14-26)20-22-11-15(13-25)12-23-20/h6,8-12,14,25H,3-5,7,13H2,1-2H3/b8-6-. The molecule has 0 bridgehead atoms. The number of benzene rings is 1. The van der Waals surface area contributed by atoms with E-state index in [1.165, 1.54) is 24.9 Å². The lowest BCUT2D eigenvalue weighted by Crippen LogP contribution is -2.11. The Hall–Kier alpha value is -2.60. The molecule has 2 rings (SSSR count). The molecule has 1 N–H and O–H groups in total. The highest BCUT2D eigenvalue weighted by Crippen LogP contribution is 2.24. The van der Waals surface area contributed by atoms with Gasteiger partial charge in [0.2, 0.25) is 0 Å². The van der Waals surface area contributed by atoms with Crippen molar-refractivity contribution >= 4 is 12.4 Å². The summed E-state index contributed by atoms with van der Waals surface area (Å²) in [6, 6.07) is 2.77. The van der Waals surface area contributed by atoms with Crippen molar-refractivity contribution in [1.29, 1.82) is 0 Å². The van der Waals surface area contributed by atoms with E-state index in [0.717, 1.165) is 19.4 Å². The van der Waals surface area contributed by atoms with Gasteiger partial charge in [-0.2, -0.15) is 0 Å². The molecular formula is C20H24FN3O2. The normalized spacial score (nSPS) is 11.1. The van der Waals surface area contributed by atoms with Crippen LogP contribution >= 0.6 is 0 Å². The molecule has 0 saturated carbocycles. The van der Waals surface area contributed by atoms with Gasteiger partial charge < -0.3 is 10.0 Å². The smallest absolute Gasteiger partial charge is 0.162 e. The molecule has 1 heterocycles. The van der Waals surface area contributed by atoms with Crippen LogP contribution in [0.3, 0.4) is 0 Å². The first kappa shape index (κ1) is 19.7. The average molecular weight is 357 g/mol. The van der Waals surface area contributed by atoms with E-state index in [4.69, 9.17) is 5.11 Å². The number of hydrogen-bond donors (Lipinski definition) is 1. The SMILES string of the molecule is CCCCCN(C)/C=C\c1cc(-c2ncc(CO)cn2)c(F)cc1C=O. The molecule has 138 valence electrons. The molecule has 26 heavy (non-hydrogen) atoms. The molecule has 5 nitrogen and oxygen atoms in total. The molecule has 0 aliphatic rings. The Kier molecular flexibility index (Phi) is 7.41. The lowest BCUT2D eigenvalue weighted by molar-refractivity contribution is 0.112. The lowest BCUT2D eigenvalue weighted by Gasteiger charge is -2.13. The number of halogens is 1. The van der Waals surface area contributed by atoms with Crippen LogP contribution in [0.25, 0.3) is 17.5 Å². The van der Waals surface area contributed by atoms with Gasteiger partial charge in [0.05, 0.1) is 12.2 Å². The van der Waals surface area contributed by atoms with Gasteiger partial charge in [-0.05, 0) is 36.4 Å². The zero-order chi connectivity index (χ0) is 18.9. The van der Waals surface area contributed by atoms with Gasteiger partial charge in [0.25, 0.3) is 0 Å². The van der Waals surface area contributed by atoms with Crippen molar-refractivity contribution in [3.05, 3.63) is 53.2 Å². The van der Waals surface area contributed by atoms with E-state index in [1.54, 1.807) is 12.1 Å². The minimum Gasteiger partial charge on any atom is -0.392 e. The van der Waals surface area contributed by atoms with Crippen molar-refractivity contribution in [2.24, 2.45) is 0 Å². The van der Waals surface area contributed by atoms with Gasteiger partial charge in [0, 0.05) is 37.1 Å². The second-order valence-corrected chi connectivity index (χ2v) is 6.16. The van der Waals surface area contributed by atoms with E-state index in [2.05, 4.69) is 16.9 Å². The molecule has 0 aliphatic carbocycles. The van der Waals surface area contributed by atoms with Crippen molar-refractivity contribution in [2.45, 2.75) is 32.8 Å². The van der Waals surface area contributed by atoms with E-state index in [-0.39, 0.29) is 23.6 Å². The summed E-state index contributed by atoms with van der Waals surface area (Å²) >= 11 is 0. The minimum absolute atomic E-state index is 0.175. The molecule has 0 spiro atoms. The zero-order valence-electron chi connectivity index (χ0n) is 15.2. The summed E-state index contributed by atoms with van der Waals surface area (Å²) in [6.07, 6.45) is 10.6. The first-order valence-corrected chi connectivity index (χ1v) is 8.68. The second-order valence-electron chi connectivity index (χ2n) is 6.16. The summed E-state index contributed by atoms with van der Waals surface area (Å²) in [5, 5.41) is 9.06. The van der Waals surface area contributed by atoms with Gasteiger partial charge in [0.1, 0.15) is 5.82 Å². The van der Waals surface area contributed by atoms with Crippen LogP contribution < -0.4 is 0 Å². The first-order valence-electron chi connectivity index (χ1n) is 8.68. The summed E-state index contributed by atoms with van der Waals surface area (Å²) in [6.45, 7) is 2.90. The molecule has 1 aromatic carbocycles. The Bertz CT molecular complexity index is 760. The number of carbonyl (C=O) groups excluding carboxylic acids is 1. The Morgan fingerprint density at radius 1 is 1.19 bits per heavy atom. The van der Waals surface area contributed by atoms with Crippen molar-refractivity contribution in [3.8, 4) is 11.4 Å². The third-order valence-electron chi connectivity index (χ3n) is 4.05. The number of aliphatic hydroxyl groups excluding tert-OH is 1. The predicted molar refractivity (Wildman–Crippen MR) is 99.9 cm³/mol. The molecule has 0 atom stereocenters. The van der Waals surface area contributed by atoms with Crippen LogP contribution in [0.1, 0.15) is 47.7 Å². The van der Waals surface area contributed by atoms with Crippen molar-refractivity contribution in [2.75, 3.05) is 13.6 Å². The fourth-order valence-corrected chi connectivity index (χ4v) is 2.49. The fraction of sp³-hybridized carbons (Fsp3) is 0.350. The molecule has 0 aliphatic heterocycles. The summed E-state index contributed by atoms with van der Waals surface area (Å²) in [5.41, 5.74) is 1.64. The van der Waals surface area contributed by atoms with Crippen LogP contribution in [-0.2, 0) is 6.61 Å². The van der Waals surface area contributed by atoms with Crippen LogP contribution in [0.4, 0.5) is 4.39 Å². The summed E-state index contributed by atoms with van der Waals surface area (Å²) in [5.74, 6) is -0.347. The maximum absolute atomic E-state index is 14.4. The molecule has 0 unspecified atom stereocenters. The van der Waals surface area contributed by atoms with Crippen LogP contribution in [-0.4, -0.2) is 39.9 Å². The number of nitrogens with zero attached hydrogens (tertiary/aromatic N) is 3. The highest BCUT2D eigenvalue weighted by molar-refractivity contribution is 5.83. The quantitative estimate of drug-likeness (QED) is 0.548. The number of unbranched alkanes of at least 4 members (excludes halogenated alkanes) is 2. The summed E-state index contributed by atoms with van der Waals surface area (Å²) < 4.78 is 14.4. The minimum atomic E-state index is -0.558. The third-order valence-corrected chi connectivity index (χ3v) is 4.05. The van der Waals surface area contributed by atoms with E-state index < -0.39 is 5.82 Å². The van der Waals surface area contributed by atoms with E-state index in [1.807, 2.05) is 18.1 Å². The van der Waals surface area contributed by atoms with E-state index in [0.29, 0.717) is 17.4 Å². The molecule has 0 saturated heterocycles. The monoisotopic (exact) mass is 357 g/mol. The molecule has 0 radical (unpaired) electrons. The third kappa shape index (κ3) is 5.20. The number of aliphatic hydroxyl groups is 1. The maximum atomic E-state index is 14.4. The topological polar surface area (TPSA) is 66.3 Å². The predicted octanol–water partition coefficient (Wildman–Crippen LogP) is 3.68. The van der Waals surface area contributed by atoms with Gasteiger partial charge >= 0.3 is 0 Å².